The SMILES string of the molecule is COCCC(C)(C)SSCOCCCCOC(=O)NCC#Cc1cn([C@H]2C[C@H](OCS(C)=S)[C@@H](COP(=O)(O)OP(=O)(O)OP(=O)(O)O)O2)c2c1C(=O)CC=N2. The minimum Gasteiger partial charge on any atom is -0.450 e. The van der Waals surface area contributed by atoms with E-state index in [0.29, 0.717) is 37.6 Å². The molecule has 1 aromatic heterocycles. The fraction of sp³-hybridized carbons (Fsp3) is 0.690. The first kappa shape index (κ1) is 49.3. The van der Waals surface area contributed by atoms with Gasteiger partial charge in [-0.3, -0.25) is 9.32 Å². The zero-order chi connectivity index (χ0) is 41.6. The van der Waals surface area contributed by atoms with Crippen molar-refractivity contribution in [2.24, 2.45) is 4.99 Å². The van der Waals surface area contributed by atoms with Crippen molar-refractivity contribution in [3.05, 3.63) is 17.3 Å². The maximum atomic E-state index is 13.0. The average Bonchev–Trinajstić information content (AvgIpc) is 3.67. The van der Waals surface area contributed by atoms with E-state index < -0.39 is 64.1 Å². The molecule has 3 heterocycles. The van der Waals surface area contributed by atoms with E-state index in [-0.39, 0.29) is 53.8 Å². The van der Waals surface area contributed by atoms with Crippen molar-refractivity contribution < 1.29 is 79.7 Å². The molecule has 6 atom stereocenters. The Kier molecular flexibility index (Phi) is 20.3. The van der Waals surface area contributed by atoms with Gasteiger partial charge in [-0.25, -0.2) is 23.5 Å². The van der Waals surface area contributed by atoms with E-state index in [9.17, 15) is 33.1 Å². The van der Waals surface area contributed by atoms with Crippen LogP contribution in [0.3, 0.4) is 0 Å². The zero-order valence-corrected chi connectivity index (χ0v) is 36.8. The number of phosphoric acid groups is 3. The predicted octanol–water partition coefficient (Wildman–Crippen LogP) is 4.49. The van der Waals surface area contributed by atoms with Gasteiger partial charge < -0.3 is 53.1 Å². The number of nitrogens with one attached hydrogen (secondary N) is 1. The lowest BCUT2D eigenvalue weighted by Gasteiger charge is -2.22. The van der Waals surface area contributed by atoms with Gasteiger partial charge in [0.2, 0.25) is 0 Å². The van der Waals surface area contributed by atoms with Gasteiger partial charge in [-0.05, 0) is 50.6 Å². The summed E-state index contributed by atoms with van der Waals surface area (Å²) in [5.74, 6) is 6.27. The van der Waals surface area contributed by atoms with Gasteiger partial charge in [-0.15, -0.1) is 0 Å². The third-order valence-corrected chi connectivity index (χ3v) is 14.9. The van der Waals surface area contributed by atoms with Crippen LogP contribution in [0.4, 0.5) is 10.6 Å². The number of carbonyl (C=O) groups is 2. The van der Waals surface area contributed by atoms with Crippen LogP contribution in [0.15, 0.2) is 11.2 Å². The van der Waals surface area contributed by atoms with Gasteiger partial charge in [0.25, 0.3) is 0 Å². The average molecular weight is 930 g/mol. The molecule has 0 aliphatic carbocycles. The highest BCUT2D eigenvalue weighted by Gasteiger charge is 2.44. The standard InChI is InChI=1S/C29H46N3O17P3S4/c1-29(2,10-15-42-3)55-54-19-43-13-5-6-14-44-28(34)31-11-7-8-21-17-32(27-26(21)22(33)9-12-30-27)25-16-23(45-20-56(4)53)24(47-25)18-46-51(38,39)49-52(40,41)48-50(35,36)37/h12,17,23-25H,5-6,9-11,13-16,18-20H2,1-4H3,(H,31,34)(H,38,39)(H,40,41)(H2,35,36,37)/t23-,24+,25+,56?/m0/s1. The van der Waals surface area contributed by atoms with Crippen LogP contribution < -0.4 is 5.32 Å². The van der Waals surface area contributed by atoms with Crippen molar-refractivity contribution in [2.45, 2.75) is 69.1 Å². The molecular weight excluding hydrogens is 884 g/mol. The van der Waals surface area contributed by atoms with Crippen molar-refractivity contribution in [1.29, 1.82) is 0 Å². The number of ether oxygens (including phenoxy) is 5. The summed E-state index contributed by atoms with van der Waals surface area (Å²) in [5, 5.41) is 2.54. The molecule has 0 saturated carbocycles. The number of Topliss-reactive ketones (excluding diaryl/α,β-unsaturated/α-hetero) is 1. The van der Waals surface area contributed by atoms with E-state index in [2.05, 4.69) is 44.6 Å². The second-order valence-electron chi connectivity index (χ2n) is 12.5. The third-order valence-electron chi connectivity index (χ3n) is 7.32. The number of hydrogen-bond donors (Lipinski definition) is 5. The minimum absolute atomic E-state index is 0.0176. The lowest BCUT2D eigenvalue weighted by Crippen LogP contribution is -2.29. The Labute approximate surface area is 339 Å². The van der Waals surface area contributed by atoms with E-state index in [0.717, 1.165) is 6.42 Å². The lowest BCUT2D eigenvalue weighted by molar-refractivity contribution is -0.0527. The van der Waals surface area contributed by atoms with E-state index in [1.165, 1.54) is 17.0 Å². The number of nitrogens with zero attached hydrogens (tertiary/aromatic N) is 2. The summed E-state index contributed by atoms with van der Waals surface area (Å²) in [6, 6.07) is 0. The fourth-order valence-corrected chi connectivity index (χ4v) is 10.7. The van der Waals surface area contributed by atoms with Crippen LogP contribution in [-0.4, -0.2) is 117 Å². The number of methoxy groups -OCH3 is 1. The first-order valence-corrected chi connectivity index (χ1v) is 26.2. The molecule has 0 radical (unpaired) electrons. The summed E-state index contributed by atoms with van der Waals surface area (Å²) in [6.45, 7) is 4.89. The number of carbonyl (C=O) groups excluding carboxylic acids is 2. The molecule has 5 N–H and O–H groups in total. The summed E-state index contributed by atoms with van der Waals surface area (Å²) in [4.78, 5) is 66.5. The van der Waals surface area contributed by atoms with Gasteiger partial charge >= 0.3 is 29.6 Å². The van der Waals surface area contributed by atoms with Crippen molar-refractivity contribution in [3.8, 4) is 11.8 Å². The van der Waals surface area contributed by atoms with Crippen LogP contribution in [0.25, 0.3) is 0 Å². The Balaban J connectivity index is 1.55. The summed E-state index contributed by atoms with van der Waals surface area (Å²) >= 11 is 5.20. The summed E-state index contributed by atoms with van der Waals surface area (Å²) in [6.07, 6.45) is 3.57. The molecule has 0 aromatic carbocycles. The van der Waals surface area contributed by atoms with Crippen molar-refractivity contribution in [3.63, 3.8) is 0 Å². The largest absolute Gasteiger partial charge is 0.490 e. The highest BCUT2D eigenvalue weighted by Crippen LogP contribution is 2.66. The molecule has 2 aliphatic rings. The third kappa shape index (κ3) is 18.1. The number of fused-ring (bicyclic) bond motifs is 1. The first-order valence-electron chi connectivity index (χ1n) is 16.6. The first-order chi connectivity index (χ1) is 26.2. The molecule has 0 bridgehead atoms. The molecule has 3 unspecified atom stereocenters. The van der Waals surface area contributed by atoms with Gasteiger partial charge in [0, 0.05) is 50.3 Å². The molecule has 1 fully saturated rings. The van der Waals surface area contributed by atoms with Gasteiger partial charge in [-0.2, -0.15) is 8.62 Å². The number of amides is 1. The van der Waals surface area contributed by atoms with Crippen molar-refractivity contribution in [1.82, 2.24) is 9.88 Å². The zero-order valence-electron chi connectivity index (χ0n) is 30.8. The van der Waals surface area contributed by atoms with Gasteiger partial charge in [-0.1, -0.05) is 42.9 Å². The van der Waals surface area contributed by atoms with E-state index in [1.807, 2.05) is 0 Å². The van der Waals surface area contributed by atoms with Gasteiger partial charge in [0.15, 0.2) is 5.78 Å². The Morgan fingerprint density at radius 2 is 1.89 bits per heavy atom. The molecule has 27 heteroatoms. The van der Waals surface area contributed by atoms with E-state index in [1.54, 1.807) is 35.0 Å². The number of aromatic nitrogens is 1. The molecule has 2 aliphatic heterocycles. The van der Waals surface area contributed by atoms with Crippen LogP contribution in [0.1, 0.15) is 68.1 Å². The molecule has 1 saturated heterocycles. The van der Waals surface area contributed by atoms with Crippen LogP contribution >= 0.6 is 45.1 Å². The summed E-state index contributed by atoms with van der Waals surface area (Å²) < 4.78 is 76.9. The van der Waals surface area contributed by atoms with Gasteiger partial charge in [0.05, 0.1) is 42.9 Å². The van der Waals surface area contributed by atoms with Crippen LogP contribution in [0.2, 0.25) is 0 Å². The number of phosphoric ester groups is 1. The maximum absolute atomic E-state index is 13.0. The van der Waals surface area contributed by atoms with Crippen molar-refractivity contribution in [2.75, 3.05) is 58.2 Å². The second kappa shape index (κ2) is 23.1. The number of hydrogen-bond acceptors (Lipinski definition) is 17. The lowest BCUT2D eigenvalue weighted by atomic mass is 10.1. The molecule has 318 valence electrons. The monoisotopic (exact) mass is 929 g/mol. The molecule has 1 aromatic rings. The van der Waals surface area contributed by atoms with Crippen molar-refractivity contribution >= 4 is 89.6 Å². The maximum Gasteiger partial charge on any atom is 0.490 e. The van der Waals surface area contributed by atoms with Crippen LogP contribution in [0.5, 0.6) is 0 Å². The second-order valence-corrected chi connectivity index (χ2v) is 22.9. The highest BCUT2D eigenvalue weighted by molar-refractivity contribution is 8.77. The Bertz CT molecular complexity index is 1770. The molecular formula is C29H46N3O17P3S4. The smallest absolute Gasteiger partial charge is 0.450 e. The van der Waals surface area contributed by atoms with Crippen LogP contribution in [0, 0.1) is 11.8 Å². The number of unbranched alkanes of at least 4 members (excludes halogenated alkanes) is 1. The number of rotatable bonds is 24. The number of ketones is 1. The molecule has 3 rings (SSSR count). The topological polar surface area (TPSA) is 269 Å². The summed E-state index contributed by atoms with van der Waals surface area (Å²) in [7, 11) is -12.3. The molecule has 20 nitrogen and oxygen atoms in total. The normalized spacial score (nSPS) is 21.1. The minimum atomic E-state index is -5.74. The molecule has 0 spiro atoms. The Morgan fingerprint density at radius 1 is 1.16 bits per heavy atom. The molecule has 1 amide bonds. The molecule has 56 heavy (non-hydrogen) atoms. The number of aliphatic imine (C=N–C) groups is 1. The van der Waals surface area contributed by atoms with E-state index >= 15 is 0 Å². The fourth-order valence-electron chi connectivity index (χ4n) is 4.85. The summed E-state index contributed by atoms with van der Waals surface area (Å²) in [5.41, 5.74) is 0.514. The Morgan fingerprint density at radius 3 is 2.59 bits per heavy atom. The Hall–Kier alpha value is -1.03. The highest BCUT2D eigenvalue weighted by atomic mass is 33.1. The number of alkyl carbamates (subject to hydrolysis) is 1. The van der Waals surface area contributed by atoms with Gasteiger partial charge in [0.1, 0.15) is 24.1 Å². The predicted molar refractivity (Wildman–Crippen MR) is 212 cm³/mol. The van der Waals surface area contributed by atoms with Crippen LogP contribution in [-0.2, 0) is 71.2 Å². The van der Waals surface area contributed by atoms with E-state index in [4.69, 9.17) is 49.2 Å². The quantitative estimate of drug-likeness (QED) is 0.0314.